The van der Waals surface area contributed by atoms with Crippen LogP contribution in [0, 0.1) is 0 Å². The molecular formula is C27H23N3O4S2. The van der Waals surface area contributed by atoms with Crippen LogP contribution in [0.15, 0.2) is 83.2 Å². The molecule has 0 spiro atoms. The summed E-state index contributed by atoms with van der Waals surface area (Å²) in [7, 11) is 0. The van der Waals surface area contributed by atoms with Crippen molar-refractivity contribution in [3.05, 3.63) is 93.7 Å². The summed E-state index contributed by atoms with van der Waals surface area (Å²) in [6.45, 7) is 1.03. The maximum Gasteiger partial charge on any atom is 0.293 e. The second-order valence-corrected chi connectivity index (χ2v) is 10.1. The number of benzene rings is 2. The predicted molar refractivity (Wildman–Crippen MR) is 143 cm³/mol. The lowest BCUT2D eigenvalue weighted by Gasteiger charge is -2.13. The number of aromatic nitrogens is 1. The molecule has 0 atom stereocenters. The van der Waals surface area contributed by atoms with Crippen molar-refractivity contribution in [2.45, 2.75) is 13.1 Å². The average Bonchev–Trinajstić information content (AvgIpc) is 3.59. The van der Waals surface area contributed by atoms with Crippen LogP contribution < -0.4 is 10.1 Å². The number of rotatable bonds is 9. The van der Waals surface area contributed by atoms with Gasteiger partial charge in [0.15, 0.2) is 0 Å². The molecule has 182 valence electrons. The van der Waals surface area contributed by atoms with Gasteiger partial charge in [0, 0.05) is 27.5 Å². The molecule has 7 nitrogen and oxygen atoms in total. The number of hydrogen-bond acceptors (Lipinski definition) is 6. The Morgan fingerprint density at radius 3 is 2.61 bits per heavy atom. The number of nitrogens with one attached hydrogen (secondary N) is 1. The van der Waals surface area contributed by atoms with Crippen LogP contribution in [0.1, 0.15) is 10.4 Å². The van der Waals surface area contributed by atoms with Gasteiger partial charge in [-0.1, -0.05) is 42.5 Å². The molecule has 1 saturated heterocycles. The summed E-state index contributed by atoms with van der Waals surface area (Å²) in [6.07, 6.45) is 3.58. The molecule has 36 heavy (non-hydrogen) atoms. The summed E-state index contributed by atoms with van der Waals surface area (Å²) in [4.78, 5) is 40.7. The zero-order chi connectivity index (χ0) is 24.9. The number of amides is 3. The number of fused-ring (bicyclic) bond motifs is 1. The number of thiophene rings is 1. The maximum absolute atomic E-state index is 13.0. The molecule has 0 aliphatic carbocycles. The molecule has 1 aliphatic rings. The first-order chi connectivity index (χ1) is 17.6. The van der Waals surface area contributed by atoms with E-state index in [0.717, 1.165) is 33.1 Å². The Labute approximate surface area is 216 Å². The summed E-state index contributed by atoms with van der Waals surface area (Å²) in [5.41, 5.74) is 1.66. The van der Waals surface area contributed by atoms with Gasteiger partial charge in [0.1, 0.15) is 18.9 Å². The maximum atomic E-state index is 13.0. The van der Waals surface area contributed by atoms with Crippen molar-refractivity contribution in [1.82, 2.24) is 14.8 Å². The Morgan fingerprint density at radius 2 is 1.81 bits per heavy atom. The normalized spacial score (nSPS) is 14.7. The summed E-state index contributed by atoms with van der Waals surface area (Å²) in [5, 5.41) is 5.51. The number of carbonyl (C=O) groups is 3. The summed E-state index contributed by atoms with van der Waals surface area (Å²) in [6, 6.07) is 20.9. The molecule has 2 aromatic heterocycles. The average molecular weight is 518 g/mol. The smallest absolute Gasteiger partial charge is 0.293 e. The predicted octanol–water partition coefficient (Wildman–Crippen LogP) is 5.13. The fourth-order valence-electron chi connectivity index (χ4n) is 3.94. The lowest BCUT2D eigenvalue weighted by molar-refractivity contribution is -0.123. The van der Waals surface area contributed by atoms with Gasteiger partial charge in [-0.3, -0.25) is 19.3 Å². The van der Waals surface area contributed by atoms with Gasteiger partial charge in [-0.15, -0.1) is 11.3 Å². The first-order valence-electron chi connectivity index (χ1n) is 11.4. The topological polar surface area (TPSA) is 80.6 Å². The van der Waals surface area contributed by atoms with Gasteiger partial charge < -0.3 is 14.6 Å². The van der Waals surface area contributed by atoms with Gasteiger partial charge in [0.05, 0.1) is 18.0 Å². The standard InChI is InChI=1S/C27H23N3O4S2/c31-25(28-16-21-9-6-14-35-21)18-29-17-19(22-10-4-5-11-23(22)29)15-24-26(32)30(27(33)36-24)12-13-34-20-7-2-1-3-8-20/h1-11,14-15,17H,12-13,16,18H2,(H,28,31)/b24-15-. The van der Waals surface area contributed by atoms with E-state index in [-0.39, 0.29) is 36.7 Å². The van der Waals surface area contributed by atoms with Crippen molar-refractivity contribution in [1.29, 1.82) is 0 Å². The molecule has 1 fully saturated rings. The molecule has 1 N–H and O–H groups in total. The first-order valence-corrected chi connectivity index (χ1v) is 13.1. The van der Waals surface area contributed by atoms with Gasteiger partial charge in [-0.2, -0.15) is 0 Å². The number of imide groups is 1. The van der Waals surface area contributed by atoms with Gasteiger partial charge in [0.2, 0.25) is 5.91 Å². The molecule has 9 heteroatoms. The molecule has 4 aromatic rings. The molecular weight excluding hydrogens is 494 g/mol. The van der Waals surface area contributed by atoms with Gasteiger partial charge in [-0.05, 0) is 47.5 Å². The summed E-state index contributed by atoms with van der Waals surface area (Å²) >= 11 is 2.51. The van der Waals surface area contributed by atoms with Crippen LogP contribution >= 0.6 is 23.1 Å². The molecule has 3 heterocycles. The summed E-state index contributed by atoms with van der Waals surface area (Å²) < 4.78 is 7.51. The Balaban J connectivity index is 1.29. The van der Waals surface area contributed by atoms with Crippen LogP contribution in [0.3, 0.4) is 0 Å². The molecule has 2 aromatic carbocycles. The zero-order valence-corrected chi connectivity index (χ0v) is 20.9. The number of para-hydroxylation sites is 2. The number of thioether (sulfide) groups is 1. The number of carbonyl (C=O) groups excluding carboxylic acids is 3. The molecule has 0 unspecified atom stereocenters. The Bertz CT molecular complexity index is 1430. The van der Waals surface area contributed by atoms with Crippen molar-refractivity contribution >= 4 is 57.1 Å². The highest BCUT2D eigenvalue weighted by molar-refractivity contribution is 8.18. The van der Waals surface area contributed by atoms with E-state index in [4.69, 9.17) is 4.74 Å². The monoisotopic (exact) mass is 517 g/mol. The van der Waals surface area contributed by atoms with E-state index in [2.05, 4.69) is 5.32 Å². The van der Waals surface area contributed by atoms with Crippen LogP contribution in [0.2, 0.25) is 0 Å². The van der Waals surface area contributed by atoms with Crippen LogP contribution in [0.25, 0.3) is 17.0 Å². The van der Waals surface area contributed by atoms with Gasteiger partial charge in [0.25, 0.3) is 11.1 Å². The van der Waals surface area contributed by atoms with E-state index in [1.165, 1.54) is 4.90 Å². The number of hydrogen-bond donors (Lipinski definition) is 1. The highest BCUT2D eigenvalue weighted by Crippen LogP contribution is 2.34. The second-order valence-electron chi connectivity index (χ2n) is 8.08. The van der Waals surface area contributed by atoms with Crippen LogP contribution in [0.5, 0.6) is 5.75 Å². The van der Waals surface area contributed by atoms with Crippen molar-refractivity contribution in [2.24, 2.45) is 0 Å². The van der Waals surface area contributed by atoms with Crippen molar-refractivity contribution in [3.8, 4) is 5.75 Å². The Kier molecular flexibility index (Phi) is 7.20. The van der Waals surface area contributed by atoms with E-state index >= 15 is 0 Å². The quantitative estimate of drug-likeness (QED) is 0.311. The van der Waals surface area contributed by atoms with E-state index in [1.807, 2.05) is 82.9 Å². The minimum absolute atomic E-state index is 0.102. The molecule has 1 aliphatic heterocycles. The SMILES string of the molecule is O=C(Cn1cc(/C=C2\SC(=O)N(CCOc3ccccc3)C2=O)c2ccccc21)NCc1cccs1. The van der Waals surface area contributed by atoms with Crippen LogP contribution in [-0.4, -0.2) is 39.7 Å². The fourth-order valence-corrected chi connectivity index (χ4v) is 5.44. The van der Waals surface area contributed by atoms with E-state index in [0.29, 0.717) is 17.2 Å². The molecule has 3 amide bonds. The van der Waals surface area contributed by atoms with Gasteiger partial charge >= 0.3 is 0 Å². The second kappa shape index (κ2) is 10.8. The molecule has 0 bridgehead atoms. The third-order valence-corrected chi connectivity index (χ3v) is 7.44. The minimum Gasteiger partial charge on any atom is -0.492 e. The molecule has 5 rings (SSSR count). The molecule has 0 saturated carbocycles. The lowest BCUT2D eigenvalue weighted by Crippen LogP contribution is -2.32. The number of nitrogens with zero attached hydrogens (tertiary/aromatic N) is 2. The van der Waals surface area contributed by atoms with Crippen molar-refractivity contribution in [2.75, 3.05) is 13.2 Å². The highest BCUT2D eigenvalue weighted by atomic mass is 32.2. The third-order valence-electron chi connectivity index (χ3n) is 5.66. The third kappa shape index (κ3) is 5.37. The minimum atomic E-state index is -0.341. The van der Waals surface area contributed by atoms with E-state index in [9.17, 15) is 14.4 Å². The Hall–Kier alpha value is -3.82. The zero-order valence-electron chi connectivity index (χ0n) is 19.3. The number of ether oxygens (including phenoxy) is 1. The highest BCUT2D eigenvalue weighted by Gasteiger charge is 2.35. The first kappa shape index (κ1) is 23.9. The lowest BCUT2D eigenvalue weighted by atomic mass is 10.1. The van der Waals surface area contributed by atoms with Gasteiger partial charge in [-0.25, -0.2) is 0 Å². The summed E-state index contributed by atoms with van der Waals surface area (Å²) in [5.74, 6) is 0.244. The molecule has 0 radical (unpaired) electrons. The van der Waals surface area contributed by atoms with Crippen molar-refractivity contribution < 1.29 is 19.1 Å². The van der Waals surface area contributed by atoms with E-state index < -0.39 is 0 Å². The van der Waals surface area contributed by atoms with Crippen molar-refractivity contribution in [3.63, 3.8) is 0 Å². The largest absolute Gasteiger partial charge is 0.492 e. The van der Waals surface area contributed by atoms with Crippen LogP contribution in [-0.2, 0) is 22.7 Å². The van der Waals surface area contributed by atoms with E-state index in [1.54, 1.807) is 17.4 Å². The Morgan fingerprint density at radius 1 is 1.00 bits per heavy atom. The fraction of sp³-hybridized carbons (Fsp3) is 0.148. The van der Waals surface area contributed by atoms with Crippen LogP contribution in [0.4, 0.5) is 4.79 Å².